The third-order valence-corrected chi connectivity index (χ3v) is 4.01. The van der Waals surface area contributed by atoms with Crippen molar-refractivity contribution in [2.75, 3.05) is 25.5 Å². The van der Waals surface area contributed by atoms with Gasteiger partial charge in [-0.15, -0.1) is 5.10 Å². The van der Waals surface area contributed by atoms with Crippen LogP contribution in [0.2, 0.25) is 0 Å². The first-order valence-electron chi connectivity index (χ1n) is 6.96. The molecule has 20 heavy (non-hydrogen) atoms. The molecule has 1 aromatic heterocycles. The Bertz CT molecular complexity index is 475. The molecule has 1 heterocycles. The van der Waals surface area contributed by atoms with Gasteiger partial charge in [-0.05, 0) is 39.8 Å². The van der Waals surface area contributed by atoms with Crippen LogP contribution >= 0.6 is 12.2 Å². The van der Waals surface area contributed by atoms with Gasteiger partial charge in [0.05, 0.1) is 11.3 Å². The molecule has 0 aliphatic heterocycles. The third-order valence-electron chi connectivity index (χ3n) is 3.80. The van der Waals surface area contributed by atoms with Gasteiger partial charge in [-0.2, -0.15) is 5.10 Å². The Morgan fingerprint density at radius 1 is 1.40 bits per heavy atom. The summed E-state index contributed by atoms with van der Waals surface area (Å²) in [6.07, 6.45) is 1.14. The van der Waals surface area contributed by atoms with Crippen LogP contribution in [-0.4, -0.2) is 46.3 Å². The SMILES string of the molecule is CCC(C)N(C)CCNc1nnc(C)c(C)c1C(N)=S. The minimum Gasteiger partial charge on any atom is -0.389 e. The summed E-state index contributed by atoms with van der Waals surface area (Å²) >= 11 is 5.12. The quantitative estimate of drug-likeness (QED) is 0.749. The smallest absolute Gasteiger partial charge is 0.159 e. The lowest BCUT2D eigenvalue weighted by atomic mass is 10.1. The first kappa shape index (κ1) is 16.8. The summed E-state index contributed by atoms with van der Waals surface area (Å²) in [5.74, 6) is 0.679. The molecule has 0 radical (unpaired) electrons. The highest BCUT2D eigenvalue weighted by molar-refractivity contribution is 7.80. The molecule has 0 bridgehead atoms. The van der Waals surface area contributed by atoms with E-state index in [1.807, 2.05) is 13.8 Å². The summed E-state index contributed by atoms with van der Waals surface area (Å²) in [6, 6.07) is 0.567. The van der Waals surface area contributed by atoms with E-state index in [0.717, 1.165) is 36.3 Å². The van der Waals surface area contributed by atoms with Crippen LogP contribution in [0.4, 0.5) is 5.82 Å². The van der Waals surface area contributed by atoms with Crippen molar-refractivity contribution in [3.63, 3.8) is 0 Å². The van der Waals surface area contributed by atoms with E-state index in [4.69, 9.17) is 18.0 Å². The molecular formula is C14H25N5S. The molecule has 0 spiro atoms. The Morgan fingerprint density at radius 2 is 2.05 bits per heavy atom. The number of nitrogens with two attached hydrogens (primary N) is 1. The molecule has 5 nitrogen and oxygen atoms in total. The van der Waals surface area contributed by atoms with E-state index < -0.39 is 0 Å². The van der Waals surface area contributed by atoms with E-state index in [-0.39, 0.29) is 0 Å². The van der Waals surface area contributed by atoms with Crippen molar-refractivity contribution in [2.24, 2.45) is 5.73 Å². The highest BCUT2D eigenvalue weighted by atomic mass is 32.1. The highest BCUT2D eigenvalue weighted by Gasteiger charge is 2.13. The Balaban J connectivity index is 2.74. The Morgan fingerprint density at radius 3 is 2.60 bits per heavy atom. The molecule has 1 rings (SSSR count). The van der Waals surface area contributed by atoms with E-state index >= 15 is 0 Å². The highest BCUT2D eigenvalue weighted by Crippen LogP contribution is 2.18. The van der Waals surface area contributed by atoms with Crippen LogP contribution in [0.15, 0.2) is 0 Å². The van der Waals surface area contributed by atoms with Crippen LogP contribution in [0.3, 0.4) is 0 Å². The van der Waals surface area contributed by atoms with Gasteiger partial charge in [0, 0.05) is 19.1 Å². The molecule has 1 aromatic rings. The van der Waals surface area contributed by atoms with Crippen LogP contribution in [-0.2, 0) is 0 Å². The van der Waals surface area contributed by atoms with Crippen molar-refractivity contribution in [2.45, 2.75) is 40.2 Å². The average molecular weight is 295 g/mol. The number of aromatic nitrogens is 2. The standard InChI is InChI=1S/C14H25N5S/c1-6-9(2)19(5)8-7-16-14-12(13(15)20)10(3)11(4)17-18-14/h9H,6-8H2,1-5H3,(H2,15,20)(H,16,18). The van der Waals surface area contributed by atoms with Crippen molar-refractivity contribution in [3.8, 4) is 0 Å². The fourth-order valence-electron chi connectivity index (χ4n) is 1.92. The maximum atomic E-state index is 5.80. The van der Waals surface area contributed by atoms with Crippen LogP contribution in [0.5, 0.6) is 0 Å². The molecule has 6 heteroatoms. The van der Waals surface area contributed by atoms with Gasteiger partial charge >= 0.3 is 0 Å². The Labute approximate surface area is 126 Å². The summed E-state index contributed by atoms with van der Waals surface area (Å²) in [4.78, 5) is 2.67. The lowest BCUT2D eigenvalue weighted by Gasteiger charge is -2.23. The monoisotopic (exact) mass is 295 g/mol. The largest absolute Gasteiger partial charge is 0.389 e. The van der Waals surface area contributed by atoms with Crippen molar-refractivity contribution < 1.29 is 0 Å². The molecule has 0 aliphatic carbocycles. The minimum atomic E-state index is 0.360. The first-order chi connectivity index (χ1) is 9.38. The van der Waals surface area contributed by atoms with Crippen molar-refractivity contribution in [1.29, 1.82) is 0 Å². The normalized spacial score (nSPS) is 12.5. The molecule has 1 unspecified atom stereocenters. The second-order valence-corrected chi connectivity index (χ2v) is 5.60. The van der Waals surface area contributed by atoms with E-state index in [1.54, 1.807) is 0 Å². The number of rotatable bonds is 7. The van der Waals surface area contributed by atoms with Crippen molar-refractivity contribution in [1.82, 2.24) is 15.1 Å². The topological polar surface area (TPSA) is 67.1 Å². The lowest BCUT2D eigenvalue weighted by Crippen LogP contribution is -2.33. The molecule has 0 saturated carbocycles. The zero-order chi connectivity index (χ0) is 15.3. The number of thiocarbonyl (C=S) groups is 1. The van der Waals surface area contributed by atoms with Crippen LogP contribution in [0.1, 0.15) is 37.1 Å². The van der Waals surface area contributed by atoms with Gasteiger partial charge in [0.2, 0.25) is 0 Å². The van der Waals surface area contributed by atoms with E-state index in [2.05, 4.69) is 41.3 Å². The molecule has 0 aromatic carbocycles. The summed E-state index contributed by atoms with van der Waals surface area (Å²) in [5, 5.41) is 11.6. The summed E-state index contributed by atoms with van der Waals surface area (Å²) in [6.45, 7) is 10.00. The van der Waals surface area contributed by atoms with Gasteiger partial charge < -0.3 is 16.0 Å². The van der Waals surface area contributed by atoms with Crippen molar-refractivity contribution >= 4 is 23.0 Å². The van der Waals surface area contributed by atoms with Crippen LogP contribution < -0.4 is 11.1 Å². The summed E-state index contributed by atoms with van der Waals surface area (Å²) in [7, 11) is 2.12. The van der Waals surface area contributed by atoms with Gasteiger partial charge in [-0.25, -0.2) is 0 Å². The predicted molar refractivity (Wildman–Crippen MR) is 88.3 cm³/mol. The number of hydrogen-bond acceptors (Lipinski definition) is 5. The molecular weight excluding hydrogens is 270 g/mol. The molecule has 112 valence electrons. The first-order valence-corrected chi connectivity index (χ1v) is 7.37. The number of nitrogens with zero attached hydrogens (tertiary/aromatic N) is 3. The van der Waals surface area contributed by atoms with E-state index in [1.165, 1.54) is 0 Å². The second-order valence-electron chi connectivity index (χ2n) is 5.16. The lowest BCUT2D eigenvalue weighted by molar-refractivity contribution is 0.261. The maximum Gasteiger partial charge on any atom is 0.159 e. The summed E-state index contributed by atoms with van der Waals surface area (Å²) in [5.41, 5.74) is 8.45. The Kier molecular flexibility index (Phi) is 6.29. The maximum absolute atomic E-state index is 5.80. The summed E-state index contributed by atoms with van der Waals surface area (Å²) < 4.78 is 0. The zero-order valence-electron chi connectivity index (χ0n) is 13.0. The molecule has 0 aliphatic rings. The van der Waals surface area contributed by atoms with Gasteiger partial charge in [0.1, 0.15) is 4.99 Å². The number of nitrogens with one attached hydrogen (secondary N) is 1. The number of likely N-dealkylation sites (N-methyl/N-ethyl adjacent to an activating group) is 1. The number of aryl methyl sites for hydroxylation is 1. The van der Waals surface area contributed by atoms with Gasteiger partial charge in [0.25, 0.3) is 0 Å². The average Bonchev–Trinajstić information content (AvgIpc) is 2.41. The van der Waals surface area contributed by atoms with Crippen LogP contribution in [0, 0.1) is 13.8 Å². The minimum absolute atomic E-state index is 0.360. The van der Waals surface area contributed by atoms with Gasteiger partial charge in [-0.3, -0.25) is 0 Å². The van der Waals surface area contributed by atoms with Gasteiger partial charge in [0.15, 0.2) is 5.82 Å². The molecule has 0 fully saturated rings. The zero-order valence-corrected chi connectivity index (χ0v) is 13.8. The predicted octanol–water partition coefficient (Wildman–Crippen LogP) is 1.87. The molecule has 3 N–H and O–H groups in total. The third kappa shape index (κ3) is 4.11. The number of hydrogen-bond donors (Lipinski definition) is 2. The fourth-order valence-corrected chi connectivity index (χ4v) is 2.17. The molecule has 1 atom stereocenters. The van der Waals surface area contributed by atoms with Crippen LogP contribution in [0.25, 0.3) is 0 Å². The Hall–Kier alpha value is -1.27. The fraction of sp³-hybridized carbons (Fsp3) is 0.643. The van der Waals surface area contributed by atoms with Gasteiger partial charge in [-0.1, -0.05) is 19.1 Å². The second kappa shape index (κ2) is 7.50. The number of anilines is 1. The molecule has 0 amide bonds. The van der Waals surface area contributed by atoms with E-state index in [9.17, 15) is 0 Å². The van der Waals surface area contributed by atoms with E-state index in [0.29, 0.717) is 16.8 Å². The van der Waals surface area contributed by atoms with Crippen molar-refractivity contribution in [3.05, 3.63) is 16.8 Å². The molecule has 0 saturated heterocycles.